The molecule has 1 aromatic carbocycles. The van der Waals surface area contributed by atoms with Crippen LogP contribution < -0.4 is 10.9 Å². The number of thioether (sulfide) groups is 1. The third kappa shape index (κ3) is 4.94. The van der Waals surface area contributed by atoms with Crippen molar-refractivity contribution < 1.29 is 4.79 Å². The van der Waals surface area contributed by atoms with Crippen molar-refractivity contribution in [1.29, 1.82) is 5.26 Å². The fourth-order valence-corrected chi connectivity index (χ4v) is 2.77. The molecule has 0 aliphatic carbocycles. The molecule has 2 N–H and O–H groups in total. The summed E-state index contributed by atoms with van der Waals surface area (Å²) in [7, 11) is 0. The van der Waals surface area contributed by atoms with Gasteiger partial charge in [0.15, 0.2) is 5.16 Å². The number of amides is 1. The summed E-state index contributed by atoms with van der Waals surface area (Å²) in [6.45, 7) is 5.88. The highest BCUT2D eigenvalue weighted by Crippen LogP contribution is 2.22. The normalized spacial score (nSPS) is 11.6. The number of aromatic amines is 1. The first-order valence-corrected chi connectivity index (χ1v) is 8.96. The molecule has 0 aliphatic rings. The largest absolute Gasteiger partial charge is 0.353 e. The van der Waals surface area contributed by atoms with E-state index in [1.54, 1.807) is 0 Å². The Hall–Kier alpha value is -2.59. The van der Waals surface area contributed by atoms with E-state index in [9.17, 15) is 14.9 Å². The summed E-state index contributed by atoms with van der Waals surface area (Å²) < 4.78 is 0. The van der Waals surface area contributed by atoms with Crippen molar-refractivity contribution in [2.45, 2.75) is 38.4 Å². The van der Waals surface area contributed by atoms with Crippen LogP contribution in [0.5, 0.6) is 0 Å². The minimum Gasteiger partial charge on any atom is -0.353 e. The molecule has 1 atom stereocenters. The molecule has 0 spiro atoms. The Kier molecular flexibility index (Phi) is 6.37. The zero-order valence-electron chi connectivity index (χ0n) is 14.4. The first-order chi connectivity index (χ1) is 11.9. The number of hydrogen-bond donors (Lipinski definition) is 2. The summed E-state index contributed by atoms with van der Waals surface area (Å²) in [4.78, 5) is 31.0. The lowest BCUT2D eigenvalue weighted by Crippen LogP contribution is -2.33. The van der Waals surface area contributed by atoms with Gasteiger partial charge in [-0.3, -0.25) is 9.59 Å². The fourth-order valence-electron chi connectivity index (χ4n) is 2.10. The predicted octanol–water partition coefficient (Wildman–Crippen LogP) is 2.62. The molecular formula is C18H20N4O2S. The van der Waals surface area contributed by atoms with Gasteiger partial charge >= 0.3 is 0 Å². The van der Waals surface area contributed by atoms with Gasteiger partial charge in [0.25, 0.3) is 5.56 Å². The van der Waals surface area contributed by atoms with E-state index < -0.39 is 5.56 Å². The molecule has 0 radical (unpaired) electrons. The van der Waals surface area contributed by atoms with Crippen molar-refractivity contribution in [3.8, 4) is 17.3 Å². The zero-order valence-corrected chi connectivity index (χ0v) is 15.2. The maximum atomic E-state index is 12.2. The van der Waals surface area contributed by atoms with Gasteiger partial charge in [0, 0.05) is 11.6 Å². The first-order valence-electron chi connectivity index (χ1n) is 7.98. The SMILES string of the molecule is CC[C@@H](C)NC(=O)CSc1nc(-c2ccc(C)cc2)c(C#N)c(=O)[nH]1. The van der Waals surface area contributed by atoms with E-state index in [-0.39, 0.29) is 23.3 Å². The van der Waals surface area contributed by atoms with Crippen LogP contribution in [0.15, 0.2) is 34.2 Å². The van der Waals surface area contributed by atoms with E-state index in [1.807, 2.05) is 51.1 Å². The van der Waals surface area contributed by atoms with Crippen LogP contribution in [-0.4, -0.2) is 27.7 Å². The number of nitrogens with one attached hydrogen (secondary N) is 2. The Morgan fingerprint density at radius 3 is 2.68 bits per heavy atom. The summed E-state index contributed by atoms with van der Waals surface area (Å²) in [6.07, 6.45) is 0.847. The molecule has 1 aromatic heterocycles. The molecule has 6 nitrogen and oxygen atoms in total. The van der Waals surface area contributed by atoms with Gasteiger partial charge in [-0.25, -0.2) is 4.98 Å². The molecule has 0 saturated carbocycles. The molecule has 0 aliphatic heterocycles. The van der Waals surface area contributed by atoms with E-state index in [1.165, 1.54) is 0 Å². The summed E-state index contributed by atoms with van der Waals surface area (Å²) in [5.41, 5.74) is 1.56. The number of carbonyl (C=O) groups is 1. The summed E-state index contributed by atoms with van der Waals surface area (Å²) in [5.74, 6) is 0.0234. The number of nitrogens with zero attached hydrogens (tertiary/aromatic N) is 2. The maximum Gasteiger partial charge on any atom is 0.270 e. The third-order valence-electron chi connectivity index (χ3n) is 3.69. The molecule has 0 saturated heterocycles. The average molecular weight is 356 g/mol. The van der Waals surface area contributed by atoms with Crippen LogP contribution in [-0.2, 0) is 4.79 Å². The van der Waals surface area contributed by atoms with Crippen LogP contribution in [0.1, 0.15) is 31.4 Å². The second kappa shape index (κ2) is 8.49. The first kappa shape index (κ1) is 18.7. The predicted molar refractivity (Wildman–Crippen MR) is 98.4 cm³/mol. The maximum absolute atomic E-state index is 12.2. The molecule has 1 heterocycles. The zero-order chi connectivity index (χ0) is 18.4. The molecule has 2 rings (SSSR count). The number of benzene rings is 1. The lowest BCUT2D eigenvalue weighted by atomic mass is 10.1. The smallest absolute Gasteiger partial charge is 0.270 e. The number of rotatable bonds is 6. The van der Waals surface area contributed by atoms with Crippen LogP contribution in [0.3, 0.4) is 0 Å². The Labute approximate surface area is 150 Å². The molecule has 25 heavy (non-hydrogen) atoms. The number of aromatic nitrogens is 2. The highest BCUT2D eigenvalue weighted by atomic mass is 32.2. The standard InChI is InChI=1S/C18H20N4O2S/c1-4-12(3)20-15(23)10-25-18-21-16(14(9-19)17(24)22-18)13-7-5-11(2)6-8-13/h5-8,12H,4,10H2,1-3H3,(H,20,23)(H,21,22,24)/t12-/m1/s1. The van der Waals surface area contributed by atoms with Gasteiger partial charge in [-0.1, -0.05) is 48.5 Å². The van der Waals surface area contributed by atoms with E-state index in [4.69, 9.17) is 0 Å². The van der Waals surface area contributed by atoms with Crippen molar-refractivity contribution in [2.75, 3.05) is 5.75 Å². The Morgan fingerprint density at radius 1 is 1.40 bits per heavy atom. The van der Waals surface area contributed by atoms with Gasteiger partial charge in [-0.2, -0.15) is 5.26 Å². The van der Waals surface area contributed by atoms with E-state index in [0.29, 0.717) is 16.4 Å². The van der Waals surface area contributed by atoms with Crippen LogP contribution in [0, 0.1) is 18.3 Å². The Morgan fingerprint density at radius 2 is 2.08 bits per heavy atom. The summed E-state index contributed by atoms with van der Waals surface area (Å²) >= 11 is 1.14. The Balaban J connectivity index is 2.26. The number of aryl methyl sites for hydroxylation is 1. The van der Waals surface area contributed by atoms with Crippen molar-refractivity contribution in [3.63, 3.8) is 0 Å². The van der Waals surface area contributed by atoms with E-state index in [0.717, 1.165) is 23.7 Å². The van der Waals surface area contributed by atoms with Crippen LogP contribution in [0.2, 0.25) is 0 Å². The van der Waals surface area contributed by atoms with Crippen LogP contribution in [0.25, 0.3) is 11.3 Å². The van der Waals surface area contributed by atoms with Crippen molar-refractivity contribution in [2.24, 2.45) is 0 Å². The quantitative estimate of drug-likeness (QED) is 0.612. The third-order valence-corrected chi connectivity index (χ3v) is 4.57. The summed E-state index contributed by atoms with van der Waals surface area (Å²) in [5, 5.41) is 12.4. The fraction of sp³-hybridized carbons (Fsp3) is 0.333. The molecular weight excluding hydrogens is 336 g/mol. The molecule has 1 amide bonds. The van der Waals surface area contributed by atoms with Gasteiger partial charge in [0.1, 0.15) is 11.6 Å². The molecule has 130 valence electrons. The highest BCUT2D eigenvalue weighted by molar-refractivity contribution is 7.99. The van der Waals surface area contributed by atoms with Crippen molar-refractivity contribution in [3.05, 3.63) is 45.7 Å². The minimum atomic E-state index is -0.502. The second-order valence-corrected chi connectivity index (χ2v) is 6.70. The number of H-pyrrole nitrogens is 1. The van der Waals surface area contributed by atoms with Crippen molar-refractivity contribution >= 4 is 17.7 Å². The highest BCUT2D eigenvalue weighted by Gasteiger charge is 2.14. The number of nitriles is 1. The molecule has 0 unspecified atom stereocenters. The lowest BCUT2D eigenvalue weighted by Gasteiger charge is -2.11. The van der Waals surface area contributed by atoms with Gasteiger partial charge < -0.3 is 10.3 Å². The summed E-state index contributed by atoms with van der Waals surface area (Å²) in [6, 6.07) is 9.44. The molecule has 2 aromatic rings. The number of hydrogen-bond acceptors (Lipinski definition) is 5. The molecule has 7 heteroatoms. The van der Waals surface area contributed by atoms with E-state index in [2.05, 4.69) is 15.3 Å². The topological polar surface area (TPSA) is 98.6 Å². The van der Waals surface area contributed by atoms with Crippen molar-refractivity contribution in [1.82, 2.24) is 15.3 Å². The molecule has 0 fully saturated rings. The molecule has 0 bridgehead atoms. The van der Waals surface area contributed by atoms with Crippen LogP contribution >= 0.6 is 11.8 Å². The Bertz CT molecular complexity index is 853. The van der Waals surface area contributed by atoms with Gasteiger partial charge in [-0.15, -0.1) is 0 Å². The number of carbonyl (C=O) groups excluding carboxylic acids is 1. The second-order valence-electron chi connectivity index (χ2n) is 5.74. The lowest BCUT2D eigenvalue weighted by molar-refractivity contribution is -0.119. The van der Waals surface area contributed by atoms with Crippen LogP contribution in [0.4, 0.5) is 0 Å². The van der Waals surface area contributed by atoms with E-state index >= 15 is 0 Å². The van der Waals surface area contributed by atoms with Gasteiger partial charge in [0.2, 0.25) is 5.91 Å². The monoisotopic (exact) mass is 356 g/mol. The van der Waals surface area contributed by atoms with Gasteiger partial charge in [-0.05, 0) is 20.3 Å². The minimum absolute atomic E-state index is 0.0303. The van der Waals surface area contributed by atoms with Gasteiger partial charge in [0.05, 0.1) is 11.4 Å². The average Bonchev–Trinajstić information content (AvgIpc) is 2.60.